The summed E-state index contributed by atoms with van der Waals surface area (Å²) in [7, 11) is -3.66. The number of benzene rings is 1. The van der Waals surface area contributed by atoms with Gasteiger partial charge in [0.15, 0.2) is 0 Å². The first-order valence-corrected chi connectivity index (χ1v) is 6.85. The van der Waals surface area contributed by atoms with Crippen LogP contribution in [-0.2, 0) is 19.6 Å². The number of halogens is 1. The molecule has 0 bridgehead atoms. The van der Waals surface area contributed by atoms with Crippen LogP contribution in [-0.4, -0.2) is 31.7 Å². The minimum Gasteiger partial charge on any atom is -0.481 e. The molecule has 0 aliphatic carbocycles. The van der Waals surface area contributed by atoms with Gasteiger partial charge in [-0.25, -0.2) is 12.8 Å². The molecule has 19 heavy (non-hydrogen) atoms. The highest BCUT2D eigenvalue weighted by molar-refractivity contribution is 7.92. The molecular weight excluding hydrogens is 279 g/mol. The number of hydrogen-bond acceptors (Lipinski definition) is 4. The van der Waals surface area contributed by atoms with Crippen molar-refractivity contribution in [2.45, 2.75) is 6.42 Å². The highest BCUT2D eigenvalue weighted by atomic mass is 32.2. The van der Waals surface area contributed by atoms with Crippen LogP contribution in [0.2, 0.25) is 0 Å². The molecule has 104 valence electrons. The van der Waals surface area contributed by atoms with E-state index in [1.807, 2.05) is 4.72 Å². The molecular formula is C10H11FN2O5S. The fraction of sp³-hybridized carbons (Fsp3) is 0.200. The van der Waals surface area contributed by atoms with E-state index >= 15 is 0 Å². The highest BCUT2D eigenvalue weighted by Crippen LogP contribution is 2.20. The van der Waals surface area contributed by atoms with Crippen molar-refractivity contribution in [2.24, 2.45) is 0 Å². The van der Waals surface area contributed by atoms with Crippen LogP contribution in [0.25, 0.3) is 0 Å². The molecule has 1 rings (SSSR count). The maximum Gasteiger partial charge on any atom is 0.312 e. The van der Waals surface area contributed by atoms with Crippen molar-refractivity contribution in [1.82, 2.24) is 0 Å². The Kier molecular flexibility index (Phi) is 4.43. The van der Waals surface area contributed by atoms with Crippen molar-refractivity contribution in [2.75, 3.05) is 16.3 Å². The topological polar surface area (TPSA) is 113 Å². The number of carboxylic acids is 1. The van der Waals surface area contributed by atoms with E-state index in [4.69, 9.17) is 5.11 Å². The summed E-state index contributed by atoms with van der Waals surface area (Å²) in [5.74, 6) is -2.93. The lowest BCUT2D eigenvalue weighted by Gasteiger charge is -2.08. The summed E-state index contributed by atoms with van der Waals surface area (Å²) in [4.78, 5) is 21.5. The molecule has 0 heterocycles. The van der Waals surface area contributed by atoms with Gasteiger partial charge < -0.3 is 10.4 Å². The minimum absolute atomic E-state index is 0.0822. The molecule has 0 fully saturated rings. The van der Waals surface area contributed by atoms with Crippen molar-refractivity contribution < 1.29 is 27.5 Å². The van der Waals surface area contributed by atoms with E-state index in [0.717, 1.165) is 18.4 Å². The lowest BCUT2D eigenvalue weighted by Crippen LogP contribution is -2.16. The number of amides is 1. The quantitative estimate of drug-likeness (QED) is 0.688. The van der Waals surface area contributed by atoms with Crippen molar-refractivity contribution >= 4 is 33.3 Å². The van der Waals surface area contributed by atoms with E-state index in [2.05, 4.69) is 5.32 Å². The molecule has 0 spiro atoms. The lowest BCUT2D eigenvalue weighted by atomic mass is 10.2. The number of rotatable bonds is 5. The first-order chi connectivity index (χ1) is 8.67. The Labute approximate surface area is 108 Å². The molecule has 0 radical (unpaired) electrons. The van der Waals surface area contributed by atoms with Crippen LogP contribution in [0.5, 0.6) is 0 Å². The molecule has 0 unspecified atom stereocenters. The van der Waals surface area contributed by atoms with Crippen molar-refractivity contribution in [3.63, 3.8) is 0 Å². The van der Waals surface area contributed by atoms with Gasteiger partial charge >= 0.3 is 5.97 Å². The Hall–Kier alpha value is -2.16. The standard InChI is InChI=1S/C10H11FN2O5S/c1-19(17,18)13-8-4-6(2-3-7(8)11)12-9(14)5-10(15)16/h2-4,13H,5H2,1H3,(H,12,14)(H,15,16). The van der Waals surface area contributed by atoms with Gasteiger partial charge in [0, 0.05) is 5.69 Å². The second-order valence-electron chi connectivity index (χ2n) is 3.69. The van der Waals surface area contributed by atoms with Gasteiger partial charge in [0.2, 0.25) is 15.9 Å². The van der Waals surface area contributed by atoms with Gasteiger partial charge in [-0.1, -0.05) is 0 Å². The molecule has 0 atom stereocenters. The van der Waals surface area contributed by atoms with Gasteiger partial charge in [-0.3, -0.25) is 14.3 Å². The summed E-state index contributed by atoms with van der Waals surface area (Å²) >= 11 is 0. The highest BCUT2D eigenvalue weighted by Gasteiger charge is 2.11. The largest absolute Gasteiger partial charge is 0.481 e. The second-order valence-corrected chi connectivity index (χ2v) is 5.44. The Bertz CT molecular complexity index is 614. The summed E-state index contributed by atoms with van der Waals surface area (Å²) in [6, 6.07) is 3.18. The number of carbonyl (C=O) groups excluding carboxylic acids is 1. The fourth-order valence-corrected chi connectivity index (χ4v) is 1.78. The third kappa shape index (κ3) is 5.34. The summed E-state index contributed by atoms with van der Waals surface area (Å²) < 4.78 is 37.2. The zero-order valence-electron chi connectivity index (χ0n) is 9.81. The second kappa shape index (κ2) is 5.65. The van der Waals surface area contributed by atoms with Crippen LogP contribution in [0.3, 0.4) is 0 Å². The van der Waals surface area contributed by atoms with Crippen LogP contribution in [0.15, 0.2) is 18.2 Å². The number of sulfonamides is 1. The smallest absolute Gasteiger partial charge is 0.312 e. The zero-order valence-corrected chi connectivity index (χ0v) is 10.6. The molecule has 9 heteroatoms. The van der Waals surface area contributed by atoms with Gasteiger partial charge in [0.1, 0.15) is 12.2 Å². The van der Waals surface area contributed by atoms with Gasteiger partial charge in [0.05, 0.1) is 11.9 Å². The minimum atomic E-state index is -3.66. The average Bonchev–Trinajstić information content (AvgIpc) is 2.19. The molecule has 0 aliphatic heterocycles. The van der Waals surface area contributed by atoms with Crippen molar-refractivity contribution in [1.29, 1.82) is 0 Å². The Morgan fingerprint density at radius 3 is 2.53 bits per heavy atom. The van der Waals surface area contributed by atoms with E-state index in [0.29, 0.717) is 0 Å². The maximum atomic E-state index is 13.3. The van der Waals surface area contributed by atoms with Gasteiger partial charge in [0.25, 0.3) is 0 Å². The number of nitrogens with one attached hydrogen (secondary N) is 2. The molecule has 0 aliphatic rings. The van der Waals surface area contributed by atoms with Crippen LogP contribution in [0, 0.1) is 5.82 Å². The molecule has 1 aromatic rings. The van der Waals surface area contributed by atoms with E-state index in [-0.39, 0.29) is 11.4 Å². The van der Waals surface area contributed by atoms with Gasteiger partial charge in [-0.2, -0.15) is 0 Å². The molecule has 7 nitrogen and oxygen atoms in total. The summed E-state index contributed by atoms with van der Waals surface area (Å²) in [5, 5.41) is 10.6. The molecule has 1 amide bonds. The molecule has 0 aromatic heterocycles. The summed E-state index contributed by atoms with van der Waals surface area (Å²) in [6.07, 6.45) is 0.105. The zero-order chi connectivity index (χ0) is 14.6. The predicted octanol–water partition coefficient (Wildman–Crippen LogP) is 0.610. The number of hydrogen-bond donors (Lipinski definition) is 3. The van der Waals surface area contributed by atoms with Crippen LogP contribution in [0.1, 0.15) is 6.42 Å². The third-order valence-electron chi connectivity index (χ3n) is 1.86. The summed E-state index contributed by atoms with van der Waals surface area (Å²) in [5.41, 5.74) is -0.255. The van der Waals surface area contributed by atoms with E-state index < -0.39 is 34.1 Å². The number of anilines is 2. The Balaban J connectivity index is 2.90. The normalized spacial score (nSPS) is 10.8. The number of aliphatic carboxylic acids is 1. The predicted molar refractivity (Wildman–Crippen MR) is 65.7 cm³/mol. The van der Waals surface area contributed by atoms with Gasteiger partial charge in [-0.15, -0.1) is 0 Å². The molecule has 3 N–H and O–H groups in total. The van der Waals surface area contributed by atoms with E-state index in [1.54, 1.807) is 0 Å². The monoisotopic (exact) mass is 290 g/mol. The average molecular weight is 290 g/mol. The first kappa shape index (κ1) is 14.9. The van der Waals surface area contributed by atoms with Crippen LogP contribution < -0.4 is 10.0 Å². The Morgan fingerprint density at radius 1 is 1.37 bits per heavy atom. The van der Waals surface area contributed by atoms with E-state index in [1.165, 1.54) is 6.07 Å². The van der Waals surface area contributed by atoms with Crippen molar-refractivity contribution in [3.05, 3.63) is 24.0 Å². The lowest BCUT2D eigenvalue weighted by molar-refractivity contribution is -0.139. The number of carbonyl (C=O) groups is 2. The Morgan fingerprint density at radius 2 is 2.00 bits per heavy atom. The summed E-state index contributed by atoms with van der Waals surface area (Å²) in [6.45, 7) is 0. The van der Waals surface area contributed by atoms with Crippen LogP contribution >= 0.6 is 0 Å². The molecule has 1 aromatic carbocycles. The molecule has 0 saturated carbocycles. The third-order valence-corrected chi connectivity index (χ3v) is 2.45. The number of carboxylic acid groups (broad SMARTS) is 1. The SMILES string of the molecule is CS(=O)(=O)Nc1cc(NC(=O)CC(=O)O)ccc1F. The first-order valence-electron chi connectivity index (χ1n) is 4.96. The van der Waals surface area contributed by atoms with E-state index in [9.17, 15) is 22.4 Å². The molecule has 0 saturated heterocycles. The maximum absolute atomic E-state index is 13.3. The fourth-order valence-electron chi connectivity index (χ4n) is 1.22. The van der Waals surface area contributed by atoms with Crippen LogP contribution in [0.4, 0.5) is 15.8 Å². The van der Waals surface area contributed by atoms with Crippen molar-refractivity contribution in [3.8, 4) is 0 Å². The van der Waals surface area contributed by atoms with Gasteiger partial charge in [-0.05, 0) is 18.2 Å².